The van der Waals surface area contributed by atoms with Crippen molar-refractivity contribution in [2.24, 2.45) is 11.7 Å². The van der Waals surface area contributed by atoms with Gasteiger partial charge in [-0.05, 0) is 37.8 Å². The summed E-state index contributed by atoms with van der Waals surface area (Å²) >= 11 is 0. The predicted molar refractivity (Wildman–Crippen MR) is 87.5 cm³/mol. The Kier molecular flexibility index (Phi) is 5.41. The molecule has 0 unspecified atom stereocenters. The van der Waals surface area contributed by atoms with Gasteiger partial charge in [-0.3, -0.25) is 4.79 Å². The molecule has 1 aromatic carbocycles. The Morgan fingerprint density at radius 2 is 2.05 bits per heavy atom. The molecule has 0 aromatic heterocycles. The first-order valence-electron chi connectivity index (χ1n) is 7.97. The van der Waals surface area contributed by atoms with Crippen molar-refractivity contribution < 1.29 is 9.59 Å². The Bertz CT molecular complexity index is 544. The molecule has 3 N–H and O–H groups in total. The van der Waals surface area contributed by atoms with Crippen LogP contribution in [0.2, 0.25) is 0 Å². The summed E-state index contributed by atoms with van der Waals surface area (Å²) < 4.78 is 0. The lowest BCUT2D eigenvalue weighted by molar-refractivity contribution is -0.123. The van der Waals surface area contributed by atoms with Crippen LogP contribution in [0.15, 0.2) is 24.3 Å². The molecule has 2 rings (SSSR count). The number of piperidine rings is 1. The van der Waals surface area contributed by atoms with Gasteiger partial charge in [-0.25, -0.2) is 4.79 Å². The van der Waals surface area contributed by atoms with Crippen LogP contribution in [0.1, 0.15) is 38.7 Å². The second-order valence-corrected chi connectivity index (χ2v) is 6.02. The molecule has 1 saturated heterocycles. The van der Waals surface area contributed by atoms with Crippen molar-refractivity contribution in [2.75, 3.05) is 11.9 Å². The number of hydrogen-bond acceptors (Lipinski definition) is 2. The van der Waals surface area contributed by atoms with Crippen molar-refractivity contribution in [3.63, 3.8) is 0 Å². The number of benzene rings is 1. The summed E-state index contributed by atoms with van der Waals surface area (Å²) in [6.07, 6.45) is 3.51. The Morgan fingerprint density at radius 1 is 1.32 bits per heavy atom. The molecule has 5 heteroatoms. The van der Waals surface area contributed by atoms with Crippen molar-refractivity contribution in [1.82, 2.24) is 4.90 Å². The highest BCUT2D eigenvalue weighted by molar-refractivity contribution is 5.91. The minimum absolute atomic E-state index is 0.119. The van der Waals surface area contributed by atoms with Crippen LogP contribution < -0.4 is 11.1 Å². The fraction of sp³-hybridized carbons (Fsp3) is 0.529. The van der Waals surface area contributed by atoms with E-state index in [9.17, 15) is 9.59 Å². The molecule has 1 heterocycles. The maximum absolute atomic E-state index is 12.6. The molecule has 1 aliphatic heterocycles. The summed E-state index contributed by atoms with van der Waals surface area (Å²) in [5, 5.41) is 2.99. The SMILES string of the molecule is CCCc1ccccc1NC(=O)N1C[C@@H](C(N)=O)CC[C@H]1C. The van der Waals surface area contributed by atoms with Gasteiger partial charge in [-0.2, -0.15) is 0 Å². The van der Waals surface area contributed by atoms with Crippen LogP contribution in [0.5, 0.6) is 0 Å². The molecule has 0 spiro atoms. The second kappa shape index (κ2) is 7.29. The average molecular weight is 303 g/mol. The maximum Gasteiger partial charge on any atom is 0.322 e. The molecule has 1 fully saturated rings. The predicted octanol–water partition coefficient (Wildman–Crippen LogP) is 2.76. The molecule has 1 aliphatic rings. The number of likely N-dealkylation sites (tertiary alicyclic amines) is 1. The third-order valence-corrected chi connectivity index (χ3v) is 4.32. The molecule has 22 heavy (non-hydrogen) atoms. The van der Waals surface area contributed by atoms with Crippen molar-refractivity contribution in [1.29, 1.82) is 0 Å². The Morgan fingerprint density at radius 3 is 2.73 bits per heavy atom. The van der Waals surface area contributed by atoms with Crippen LogP contribution in [0.3, 0.4) is 0 Å². The fourth-order valence-corrected chi connectivity index (χ4v) is 2.94. The van der Waals surface area contributed by atoms with Gasteiger partial charge in [-0.15, -0.1) is 0 Å². The molecule has 0 bridgehead atoms. The molecule has 3 amide bonds. The number of rotatable bonds is 4. The molecule has 0 aliphatic carbocycles. The summed E-state index contributed by atoms with van der Waals surface area (Å²) in [4.78, 5) is 25.7. The van der Waals surface area contributed by atoms with E-state index in [1.807, 2.05) is 31.2 Å². The molecule has 5 nitrogen and oxygen atoms in total. The highest BCUT2D eigenvalue weighted by atomic mass is 16.2. The minimum atomic E-state index is -0.323. The number of nitrogens with two attached hydrogens (primary N) is 1. The van der Waals surface area contributed by atoms with Crippen molar-refractivity contribution >= 4 is 17.6 Å². The lowest BCUT2D eigenvalue weighted by Crippen LogP contribution is -2.50. The minimum Gasteiger partial charge on any atom is -0.369 e. The number of urea groups is 1. The van der Waals surface area contributed by atoms with Crippen molar-refractivity contribution in [3.8, 4) is 0 Å². The third kappa shape index (κ3) is 3.78. The number of hydrogen-bond donors (Lipinski definition) is 2. The lowest BCUT2D eigenvalue weighted by Gasteiger charge is -2.36. The van der Waals surface area contributed by atoms with Crippen molar-refractivity contribution in [3.05, 3.63) is 29.8 Å². The van der Waals surface area contributed by atoms with E-state index in [0.29, 0.717) is 6.54 Å². The third-order valence-electron chi connectivity index (χ3n) is 4.32. The van der Waals surface area contributed by atoms with Crippen molar-refractivity contribution in [2.45, 2.75) is 45.6 Å². The standard InChI is InChI=1S/C17H25N3O2/c1-3-6-13-7-4-5-8-15(13)19-17(22)20-11-14(16(18)21)10-9-12(20)2/h4-5,7-8,12,14H,3,6,9-11H2,1-2H3,(H2,18,21)(H,19,22)/t12-,14+/m1/s1. The summed E-state index contributed by atoms with van der Waals surface area (Å²) in [6, 6.07) is 7.82. The second-order valence-electron chi connectivity index (χ2n) is 6.02. The number of carbonyl (C=O) groups excluding carboxylic acids is 2. The number of para-hydroxylation sites is 1. The first-order valence-corrected chi connectivity index (χ1v) is 7.97. The van der Waals surface area contributed by atoms with Gasteiger partial charge in [0.05, 0.1) is 5.92 Å². The number of nitrogens with zero attached hydrogens (tertiary/aromatic N) is 1. The number of primary amides is 1. The first kappa shape index (κ1) is 16.3. The summed E-state index contributed by atoms with van der Waals surface area (Å²) in [7, 11) is 0. The van der Waals surface area contributed by atoms with Crippen LogP contribution in [-0.4, -0.2) is 29.4 Å². The van der Waals surface area contributed by atoms with E-state index < -0.39 is 0 Å². The molecular weight excluding hydrogens is 278 g/mol. The molecule has 0 radical (unpaired) electrons. The number of carbonyl (C=O) groups is 2. The quantitative estimate of drug-likeness (QED) is 0.897. The van der Waals surface area contributed by atoms with Gasteiger partial charge >= 0.3 is 6.03 Å². The monoisotopic (exact) mass is 303 g/mol. The van der Waals surface area contributed by atoms with E-state index in [1.165, 1.54) is 0 Å². The smallest absolute Gasteiger partial charge is 0.322 e. The van der Waals surface area contributed by atoms with Gasteiger partial charge in [0, 0.05) is 18.3 Å². The van der Waals surface area contributed by atoms with Crippen LogP contribution in [-0.2, 0) is 11.2 Å². The number of amides is 3. The molecular formula is C17H25N3O2. The Balaban J connectivity index is 2.09. The lowest BCUT2D eigenvalue weighted by atomic mass is 9.93. The average Bonchev–Trinajstić information content (AvgIpc) is 2.49. The van der Waals surface area contributed by atoms with Crippen LogP contribution >= 0.6 is 0 Å². The van der Waals surface area contributed by atoms with E-state index in [1.54, 1.807) is 4.90 Å². The van der Waals surface area contributed by atoms with Crippen LogP contribution in [0.25, 0.3) is 0 Å². The molecule has 1 aromatic rings. The van der Waals surface area contributed by atoms with E-state index in [2.05, 4.69) is 12.2 Å². The summed E-state index contributed by atoms with van der Waals surface area (Å²) in [6.45, 7) is 4.52. The number of anilines is 1. The Hall–Kier alpha value is -2.04. The topological polar surface area (TPSA) is 75.4 Å². The van der Waals surface area contributed by atoms with E-state index in [0.717, 1.165) is 36.9 Å². The maximum atomic E-state index is 12.6. The highest BCUT2D eigenvalue weighted by Crippen LogP contribution is 2.24. The van der Waals surface area contributed by atoms with Crippen LogP contribution in [0, 0.1) is 5.92 Å². The van der Waals surface area contributed by atoms with Gasteiger partial charge < -0.3 is 16.0 Å². The summed E-state index contributed by atoms with van der Waals surface area (Å²) in [5.41, 5.74) is 7.38. The zero-order valence-corrected chi connectivity index (χ0v) is 13.3. The molecule has 0 saturated carbocycles. The normalized spacial score (nSPS) is 21.5. The van der Waals surface area contributed by atoms with Crippen LogP contribution in [0.4, 0.5) is 10.5 Å². The fourth-order valence-electron chi connectivity index (χ4n) is 2.94. The zero-order chi connectivity index (χ0) is 16.1. The first-order chi connectivity index (χ1) is 10.5. The zero-order valence-electron chi connectivity index (χ0n) is 13.3. The largest absolute Gasteiger partial charge is 0.369 e. The van der Waals surface area contributed by atoms with E-state index >= 15 is 0 Å². The van der Waals surface area contributed by atoms with Gasteiger partial charge in [0.15, 0.2) is 0 Å². The van der Waals surface area contributed by atoms with Gasteiger partial charge in [-0.1, -0.05) is 31.5 Å². The van der Waals surface area contributed by atoms with Gasteiger partial charge in [0.25, 0.3) is 0 Å². The Labute approximate surface area is 131 Å². The summed E-state index contributed by atoms with van der Waals surface area (Å²) in [5.74, 6) is -0.566. The van der Waals surface area contributed by atoms with Gasteiger partial charge in [0.2, 0.25) is 5.91 Å². The van der Waals surface area contributed by atoms with Gasteiger partial charge in [0.1, 0.15) is 0 Å². The number of nitrogens with one attached hydrogen (secondary N) is 1. The van der Waals surface area contributed by atoms with E-state index in [4.69, 9.17) is 5.73 Å². The highest BCUT2D eigenvalue weighted by Gasteiger charge is 2.31. The molecule has 2 atom stereocenters. The molecule has 120 valence electrons. The van der Waals surface area contributed by atoms with E-state index in [-0.39, 0.29) is 23.9 Å². The number of aryl methyl sites for hydroxylation is 1.